The number of ether oxygens (including phenoxy) is 1. The zero-order valence-electron chi connectivity index (χ0n) is 12.2. The maximum absolute atomic E-state index is 12.2. The second kappa shape index (κ2) is 6.75. The molecule has 118 valence electrons. The van der Waals surface area contributed by atoms with E-state index in [2.05, 4.69) is 0 Å². The van der Waals surface area contributed by atoms with Crippen LogP contribution in [-0.4, -0.2) is 18.2 Å². The third-order valence-electron chi connectivity index (χ3n) is 3.42. The summed E-state index contributed by atoms with van der Waals surface area (Å²) >= 11 is 1.59. The summed E-state index contributed by atoms with van der Waals surface area (Å²) in [5, 5.41) is 11.7. The van der Waals surface area contributed by atoms with Gasteiger partial charge < -0.3 is 4.74 Å². The number of nitro groups is 1. The van der Waals surface area contributed by atoms with Crippen molar-refractivity contribution in [1.82, 2.24) is 0 Å². The number of benzene rings is 2. The molecule has 0 N–H and O–H groups in total. The molecule has 2 aromatic carbocycles. The van der Waals surface area contributed by atoms with Gasteiger partial charge in [-0.1, -0.05) is 6.07 Å². The Hall–Kier alpha value is -2.47. The second-order valence-electron chi connectivity index (χ2n) is 4.97. The summed E-state index contributed by atoms with van der Waals surface area (Å²) in [5.41, 5.74) is 0.997. The van der Waals surface area contributed by atoms with Crippen LogP contribution in [0.2, 0.25) is 0 Å². The first-order chi connectivity index (χ1) is 11.2. The topological polar surface area (TPSA) is 52.4 Å². The van der Waals surface area contributed by atoms with Gasteiger partial charge >= 0.3 is 0 Å². The van der Waals surface area contributed by atoms with E-state index in [0.29, 0.717) is 13.0 Å². The predicted molar refractivity (Wildman–Crippen MR) is 90.0 cm³/mol. The third kappa shape index (κ3) is 3.32. The van der Waals surface area contributed by atoms with Gasteiger partial charge in [-0.2, -0.15) is 0 Å². The van der Waals surface area contributed by atoms with Crippen LogP contribution in [0.15, 0.2) is 48.5 Å². The highest BCUT2D eigenvalue weighted by molar-refractivity contribution is 7.22. The van der Waals surface area contributed by atoms with Crippen LogP contribution in [-0.2, 0) is 0 Å². The SMILES string of the molecule is O=[N+]([O-])c1ccc(-c2cc3c(OCCCF)cccc3s2)cc1. The Balaban J connectivity index is 1.93. The summed E-state index contributed by atoms with van der Waals surface area (Å²) in [6.07, 6.45) is 0.371. The summed E-state index contributed by atoms with van der Waals surface area (Å²) < 4.78 is 18.9. The minimum Gasteiger partial charge on any atom is -0.493 e. The minimum absolute atomic E-state index is 0.0742. The first kappa shape index (κ1) is 15.4. The van der Waals surface area contributed by atoms with Gasteiger partial charge in [-0.05, 0) is 35.9 Å². The van der Waals surface area contributed by atoms with Gasteiger partial charge in [0.25, 0.3) is 5.69 Å². The molecule has 0 spiro atoms. The number of halogens is 1. The lowest BCUT2D eigenvalue weighted by atomic mass is 10.1. The van der Waals surface area contributed by atoms with Crippen LogP contribution in [0.4, 0.5) is 10.1 Å². The lowest BCUT2D eigenvalue weighted by Gasteiger charge is -2.05. The number of nitro benzene ring substituents is 1. The number of fused-ring (bicyclic) bond motifs is 1. The molecule has 0 fully saturated rings. The van der Waals surface area contributed by atoms with E-state index < -0.39 is 11.6 Å². The molecule has 0 amide bonds. The Morgan fingerprint density at radius 2 is 1.96 bits per heavy atom. The molecule has 3 rings (SSSR count). The van der Waals surface area contributed by atoms with E-state index in [1.165, 1.54) is 12.1 Å². The van der Waals surface area contributed by atoms with Gasteiger partial charge in [0, 0.05) is 33.5 Å². The van der Waals surface area contributed by atoms with Crippen LogP contribution in [0.3, 0.4) is 0 Å². The van der Waals surface area contributed by atoms with Crippen molar-refractivity contribution in [2.45, 2.75) is 6.42 Å². The fourth-order valence-corrected chi connectivity index (χ4v) is 3.37. The van der Waals surface area contributed by atoms with Crippen molar-refractivity contribution in [2.24, 2.45) is 0 Å². The monoisotopic (exact) mass is 331 g/mol. The molecule has 1 aromatic heterocycles. The summed E-state index contributed by atoms with van der Waals surface area (Å²) in [6, 6.07) is 14.3. The van der Waals surface area contributed by atoms with Gasteiger partial charge in [-0.3, -0.25) is 14.5 Å². The molecule has 0 atom stereocenters. The van der Waals surface area contributed by atoms with Crippen LogP contribution in [0.1, 0.15) is 6.42 Å². The van der Waals surface area contributed by atoms with Crippen LogP contribution in [0, 0.1) is 10.1 Å². The minimum atomic E-state index is -0.411. The fourth-order valence-electron chi connectivity index (χ4n) is 2.29. The molecular formula is C17H14FNO3S. The summed E-state index contributed by atoms with van der Waals surface area (Å²) in [4.78, 5) is 11.3. The molecule has 0 radical (unpaired) electrons. The van der Waals surface area contributed by atoms with E-state index in [9.17, 15) is 14.5 Å². The van der Waals surface area contributed by atoms with Gasteiger partial charge in [0.1, 0.15) is 5.75 Å². The van der Waals surface area contributed by atoms with E-state index in [4.69, 9.17) is 4.74 Å². The van der Waals surface area contributed by atoms with Crippen molar-refractivity contribution in [1.29, 1.82) is 0 Å². The number of hydrogen-bond donors (Lipinski definition) is 0. The van der Waals surface area contributed by atoms with Gasteiger partial charge in [0.05, 0.1) is 18.2 Å². The van der Waals surface area contributed by atoms with Gasteiger partial charge in [-0.25, -0.2) is 0 Å². The highest BCUT2D eigenvalue weighted by Gasteiger charge is 2.10. The molecule has 4 nitrogen and oxygen atoms in total. The Morgan fingerprint density at radius 1 is 1.17 bits per heavy atom. The average molecular weight is 331 g/mol. The fraction of sp³-hybridized carbons (Fsp3) is 0.176. The predicted octanol–water partition coefficient (Wildman–Crippen LogP) is 5.21. The van der Waals surface area contributed by atoms with Crippen molar-refractivity contribution in [3.63, 3.8) is 0 Å². The van der Waals surface area contributed by atoms with E-state index in [1.807, 2.05) is 24.3 Å². The van der Waals surface area contributed by atoms with Crippen molar-refractivity contribution in [2.75, 3.05) is 13.3 Å². The third-order valence-corrected chi connectivity index (χ3v) is 4.57. The first-order valence-electron chi connectivity index (χ1n) is 7.15. The highest BCUT2D eigenvalue weighted by atomic mass is 32.1. The molecule has 0 saturated carbocycles. The van der Waals surface area contributed by atoms with E-state index in [1.54, 1.807) is 23.5 Å². The molecule has 0 unspecified atom stereocenters. The zero-order chi connectivity index (χ0) is 16.2. The summed E-state index contributed by atoms with van der Waals surface area (Å²) in [6.45, 7) is -0.0496. The van der Waals surface area contributed by atoms with Crippen molar-refractivity contribution >= 4 is 27.1 Å². The Morgan fingerprint density at radius 3 is 2.65 bits per heavy atom. The summed E-state index contributed by atoms with van der Waals surface area (Å²) in [5.74, 6) is 0.736. The van der Waals surface area contributed by atoms with Crippen LogP contribution < -0.4 is 4.74 Å². The van der Waals surface area contributed by atoms with Crippen LogP contribution in [0.25, 0.3) is 20.5 Å². The number of alkyl halides is 1. The Bertz CT molecular complexity index is 829. The Kier molecular flexibility index (Phi) is 4.52. The molecule has 6 heteroatoms. The molecule has 0 saturated heterocycles. The lowest BCUT2D eigenvalue weighted by Crippen LogP contribution is -1.97. The second-order valence-corrected chi connectivity index (χ2v) is 6.06. The van der Waals surface area contributed by atoms with E-state index in [-0.39, 0.29) is 5.69 Å². The Labute approximate surface area is 136 Å². The maximum atomic E-state index is 12.2. The average Bonchev–Trinajstić information content (AvgIpc) is 3.00. The summed E-state index contributed by atoms with van der Waals surface area (Å²) in [7, 11) is 0. The zero-order valence-corrected chi connectivity index (χ0v) is 13.0. The van der Waals surface area contributed by atoms with Gasteiger partial charge in [0.15, 0.2) is 0 Å². The quantitative estimate of drug-likeness (QED) is 0.354. The molecule has 1 heterocycles. The molecule has 23 heavy (non-hydrogen) atoms. The normalized spacial score (nSPS) is 10.8. The number of nitrogens with zero attached hydrogens (tertiary/aromatic N) is 1. The van der Waals surface area contributed by atoms with Crippen LogP contribution in [0.5, 0.6) is 5.75 Å². The van der Waals surface area contributed by atoms with Gasteiger partial charge in [0.2, 0.25) is 0 Å². The molecule has 0 aliphatic heterocycles. The molecule has 0 aliphatic rings. The molecule has 0 bridgehead atoms. The molecule has 0 aliphatic carbocycles. The number of rotatable bonds is 6. The largest absolute Gasteiger partial charge is 0.493 e. The van der Waals surface area contributed by atoms with Crippen molar-refractivity contribution in [3.8, 4) is 16.2 Å². The number of non-ortho nitro benzene ring substituents is 1. The highest BCUT2D eigenvalue weighted by Crippen LogP contribution is 2.38. The number of thiophene rings is 1. The molecule has 3 aromatic rings. The van der Waals surface area contributed by atoms with Crippen molar-refractivity contribution < 1.29 is 14.1 Å². The van der Waals surface area contributed by atoms with Gasteiger partial charge in [-0.15, -0.1) is 11.3 Å². The first-order valence-corrected chi connectivity index (χ1v) is 7.97. The van der Waals surface area contributed by atoms with E-state index >= 15 is 0 Å². The van der Waals surface area contributed by atoms with Crippen LogP contribution >= 0.6 is 11.3 Å². The van der Waals surface area contributed by atoms with E-state index in [0.717, 1.165) is 26.3 Å². The molecular weight excluding hydrogens is 317 g/mol. The van der Waals surface area contributed by atoms with Crippen molar-refractivity contribution in [3.05, 3.63) is 58.6 Å². The maximum Gasteiger partial charge on any atom is 0.269 e. The standard InChI is InChI=1S/C17H14FNO3S/c18-9-2-10-22-15-3-1-4-16-14(15)11-17(23-16)12-5-7-13(8-6-12)19(20)21/h1,3-8,11H,2,9-10H2. The number of hydrogen-bond acceptors (Lipinski definition) is 4. The lowest BCUT2D eigenvalue weighted by molar-refractivity contribution is -0.384. The smallest absolute Gasteiger partial charge is 0.269 e.